The van der Waals surface area contributed by atoms with Crippen molar-refractivity contribution in [1.29, 1.82) is 0 Å². The zero-order valence-electron chi connectivity index (χ0n) is 16.0. The molecule has 158 valence electrons. The number of carbonyl (C=O) groups excluding carboxylic acids is 1. The highest BCUT2D eigenvalue weighted by Crippen LogP contribution is 2.40. The minimum absolute atomic E-state index is 0.0751. The molecule has 0 bridgehead atoms. The molecule has 2 fully saturated rings. The highest BCUT2D eigenvalue weighted by atomic mass is 35.5. The van der Waals surface area contributed by atoms with Crippen molar-refractivity contribution in [3.63, 3.8) is 0 Å². The predicted molar refractivity (Wildman–Crippen MR) is 105 cm³/mol. The Hall–Kier alpha value is -1.73. The third-order valence-electron chi connectivity index (χ3n) is 6.15. The van der Waals surface area contributed by atoms with Gasteiger partial charge in [-0.1, -0.05) is 24.1 Å². The van der Waals surface area contributed by atoms with Crippen molar-refractivity contribution >= 4 is 28.4 Å². The number of nitrogens with zero attached hydrogens (tertiary/aromatic N) is 1. The first-order valence-electron chi connectivity index (χ1n) is 10.1. The molecular weight excluding hydrogens is 405 g/mol. The van der Waals surface area contributed by atoms with E-state index in [0.29, 0.717) is 42.0 Å². The first-order chi connectivity index (χ1) is 13.8. The van der Waals surface area contributed by atoms with Crippen LogP contribution in [0, 0.1) is 11.8 Å². The third kappa shape index (κ3) is 4.26. The monoisotopic (exact) mass is 428 g/mol. The zero-order chi connectivity index (χ0) is 20.6. The smallest absolute Gasteiger partial charge is 0.379 e. The summed E-state index contributed by atoms with van der Waals surface area (Å²) in [4.78, 5) is 12.9. The minimum Gasteiger partial charge on any atom is -0.379 e. The largest absolute Gasteiger partial charge is 0.391 e. The fourth-order valence-electron chi connectivity index (χ4n) is 4.59. The zero-order valence-corrected chi connectivity index (χ0v) is 16.7. The molecule has 1 aromatic heterocycles. The van der Waals surface area contributed by atoms with Crippen molar-refractivity contribution in [2.24, 2.45) is 11.8 Å². The van der Waals surface area contributed by atoms with Crippen molar-refractivity contribution in [3.05, 3.63) is 35.0 Å². The van der Waals surface area contributed by atoms with Gasteiger partial charge in [0.05, 0.1) is 34.7 Å². The molecule has 3 atom stereocenters. The molecule has 1 aromatic carbocycles. The second-order valence-electron chi connectivity index (χ2n) is 8.08. The van der Waals surface area contributed by atoms with E-state index in [9.17, 15) is 18.0 Å². The van der Waals surface area contributed by atoms with Crippen LogP contribution in [0.5, 0.6) is 0 Å². The molecule has 1 amide bonds. The normalized spacial score (nSPS) is 25.4. The van der Waals surface area contributed by atoms with E-state index >= 15 is 0 Å². The number of halogens is 4. The van der Waals surface area contributed by atoms with Crippen molar-refractivity contribution < 1.29 is 22.7 Å². The van der Waals surface area contributed by atoms with Gasteiger partial charge in [-0.2, -0.15) is 13.2 Å². The predicted octanol–water partition coefficient (Wildman–Crippen LogP) is 5.35. The van der Waals surface area contributed by atoms with Gasteiger partial charge in [0.1, 0.15) is 0 Å². The van der Waals surface area contributed by atoms with E-state index in [1.807, 2.05) is 16.7 Å². The van der Waals surface area contributed by atoms with Crippen LogP contribution in [0.1, 0.15) is 48.5 Å². The molecule has 29 heavy (non-hydrogen) atoms. The molecule has 1 saturated heterocycles. The standard InChI is InChI=1S/C21H24ClF3N2O2/c22-17-5-2-6-18-19(17)16(11-27(18)15-7-8-29-12-15)20(28)26-10-13-3-1-4-14(9-13)21(23,24)25/h2,5-6,11,13-15H,1,3-4,7-10,12H2,(H,26,28). The summed E-state index contributed by atoms with van der Waals surface area (Å²) in [5.74, 6) is -1.72. The van der Waals surface area contributed by atoms with Gasteiger partial charge in [-0.15, -0.1) is 0 Å². The van der Waals surface area contributed by atoms with Crippen molar-refractivity contribution in [1.82, 2.24) is 9.88 Å². The van der Waals surface area contributed by atoms with E-state index in [2.05, 4.69) is 5.32 Å². The third-order valence-corrected chi connectivity index (χ3v) is 6.46. The summed E-state index contributed by atoms with van der Waals surface area (Å²) in [5, 5.41) is 4.02. The fraction of sp³-hybridized carbons (Fsp3) is 0.571. The van der Waals surface area contributed by atoms with E-state index in [-0.39, 0.29) is 37.3 Å². The highest BCUT2D eigenvalue weighted by molar-refractivity contribution is 6.36. The summed E-state index contributed by atoms with van der Waals surface area (Å²) in [6.07, 6.45) is -0.00557. The lowest BCUT2D eigenvalue weighted by Crippen LogP contribution is -2.35. The lowest BCUT2D eigenvalue weighted by molar-refractivity contribution is -0.185. The second kappa shape index (κ2) is 8.19. The molecule has 4 nitrogen and oxygen atoms in total. The van der Waals surface area contributed by atoms with E-state index in [1.54, 1.807) is 12.3 Å². The quantitative estimate of drug-likeness (QED) is 0.712. The average molecular weight is 429 g/mol. The maximum Gasteiger partial charge on any atom is 0.391 e. The van der Waals surface area contributed by atoms with Gasteiger partial charge in [-0.25, -0.2) is 0 Å². The molecule has 4 rings (SSSR count). The number of fused-ring (bicyclic) bond motifs is 1. The number of rotatable bonds is 4. The summed E-state index contributed by atoms with van der Waals surface area (Å²) in [7, 11) is 0. The fourth-order valence-corrected chi connectivity index (χ4v) is 4.86. The van der Waals surface area contributed by atoms with E-state index in [0.717, 1.165) is 11.9 Å². The van der Waals surface area contributed by atoms with Crippen LogP contribution in [-0.4, -0.2) is 36.4 Å². The van der Waals surface area contributed by atoms with Gasteiger partial charge >= 0.3 is 6.18 Å². The van der Waals surface area contributed by atoms with Crippen molar-refractivity contribution in [2.75, 3.05) is 19.8 Å². The van der Waals surface area contributed by atoms with Gasteiger partial charge in [-0.3, -0.25) is 4.79 Å². The maximum atomic E-state index is 13.0. The number of carbonyl (C=O) groups is 1. The Morgan fingerprint density at radius 3 is 2.83 bits per heavy atom. The van der Waals surface area contributed by atoms with E-state index in [4.69, 9.17) is 16.3 Å². The summed E-state index contributed by atoms with van der Waals surface area (Å²) in [5.41, 5.74) is 1.33. The SMILES string of the molecule is O=C(NCC1CCCC(C(F)(F)F)C1)c1cn(C2CCOC2)c2cccc(Cl)c12. The molecule has 2 aliphatic rings. The molecule has 1 N–H and O–H groups in total. The number of hydrogen-bond donors (Lipinski definition) is 1. The number of nitrogens with one attached hydrogen (secondary N) is 1. The van der Waals surface area contributed by atoms with Gasteiger partial charge < -0.3 is 14.6 Å². The number of amides is 1. The van der Waals surface area contributed by atoms with Crippen LogP contribution in [0.4, 0.5) is 13.2 Å². The van der Waals surface area contributed by atoms with Gasteiger partial charge in [0, 0.05) is 24.7 Å². The van der Waals surface area contributed by atoms with E-state index in [1.165, 1.54) is 0 Å². The van der Waals surface area contributed by atoms with Crippen LogP contribution < -0.4 is 5.32 Å². The summed E-state index contributed by atoms with van der Waals surface area (Å²) in [6, 6.07) is 5.65. The Labute approximate surface area is 172 Å². The summed E-state index contributed by atoms with van der Waals surface area (Å²) in [6.45, 7) is 1.50. The molecular formula is C21H24ClF3N2O2. The van der Waals surface area contributed by atoms with Gasteiger partial charge in [0.25, 0.3) is 5.91 Å². The Balaban J connectivity index is 1.51. The molecule has 1 aliphatic carbocycles. The van der Waals surface area contributed by atoms with Crippen LogP contribution in [0.15, 0.2) is 24.4 Å². The molecule has 3 unspecified atom stereocenters. The Bertz CT molecular complexity index is 890. The van der Waals surface area contributed by atoms with Gasteiger partial charge in [-0.05, 0) is 43.7 Å². The minimum atomic E-state index is -4.16. The van der Waals surface area contributed by atoms with Gasteiger partial charge in [0.15, 0.2) is 0 Å². The Morgan fingerprint density at radius 2 is 2.10 bits per heavy atom. The van der Waals surface area contributed by atoms with Crippen LogP contribution in [-0.2, 0) is 4.74 Å². The number of benzene rings is 1. The summed E-state index contributed by atoms with van der Waals surface area (Å²) < 4.78 is 46.6. The first kappa shape index (κ1) is 20.5. The topological polar surface area (TPSA) is 43.3 Å². The lowest BCUT2D eigenvalue weighted by Gasteiger charge is -2.30. The molecule has 0 spiro atoms. The molecule has 1 aliphatic heterocycles. The van der Waals surface area contributed by atoms with Crippen LogP contribution in [0.3, 0.4) is 0 Å². The van der Waals surface area contributed by atoms with Crippen molar-refractivity contribution in [3.8, 4) is 0 Å². The first-order valence-corrected chi connectivity index (χ1v) is 10.4. The molecule has 2 aromatic rings. The summed E-state index contributed by atoms with van der Waals surface area (Å²) >= 11 is 6.39. The lowest BCUT2D eigenvalue weighted by atomic mass is 9.81. The van der Waals surface area contributed by atoms with Crippen LogP contribution in [0.2, 0.25) is 5.02 Å². The average Bonchev–Trinajstić information content (AvgIpc) is 3.34. The van der Waals surface area contributed by atoms with E-state index < -0.39 is 12.1 Å². The number of alkyl halides is 3. The van der Waals surface area contributed by atoms with Gasteiger partial charge in [0.2, 0.25) is 0 Å². The maximum absolute atomic E-state index is 13.0. The number of ether oxygens (including phenoxy) is 1. The second-order valence-corrected chi connectivity index (χ2v) is 8.49. The van der Waals surface area contributed by atoms with Crippen LogP contribution in [0.25, 0.3) is 10.9 Å². The molecule has 0 radical (unpaired) electrons. The Morgan fingerprint density at radius 1 is 1.28 bits per heavy atom. The highest BCUT2D eigenvalue weighted by Gasteiger charge is 2.42. The van der Waals surface area contributed by atoms with Crippen molar-refractivity contribution in [2.45, 2.75) is 44.3 Å². The number of hydrogen-bond acceptors (Lipinski definition) is 2. The number of aromatic nitrogens is 1. The van der Waals surface area contributed by atoms with Crippen LogP contribution >= 0.6 is 11.6 Å². The molecule has 2 heterocycles. The Kier molecular flexibility index (Phi) is 5.80. The molecule has 1 saturated carbocycles. The molecule has 8 heteroatoms.